The molecule has 1 aromatic heterocycles. The van der Waals surface area contributed by atoms with E-state index in [4.69, 9.17) is 11.6 Å². The molecule has 0 N–H and O–H groups in total. The molecule has 1 aromatic carbocycles. The van der Waals surface area contributed by atoms with Crippen molar-refractivity contribution >= 4 is 33.7 Å². The fourth-order valence-corrected chi connectivity index (χ4v) is 2.35. The number of halogens is 1. The molecule has 1 heterocycles. The van der Waals surface area contributed by atoms with Gasteiger partial charge in [0.05, 0.1) is 0 Å². The quantitative estimate of drug-likeness (QED) is 0.647. The average molecular weight is 196 g/mol. The van der Waals surface area contributed by atoms with Crippen LogP contribution in [-0.2, 0) is 6.42 Å². The van der Waals surface area contributed by atoms with E-state index in [9.17, 15) is 0 Å². The van der Waals surface area contributed by atoms with Crippen molar-refractivity contribution in [1.82, 2.24) is 0 Å². The summed E-state index contributed by atoms with van der Waals surface area (Å²) in [6, 6.07) is 5.98. The Bertz CT molecular complexity index is 403. The van der Waals surface area contributed by atoms with Crippen molar-refractivity contribution in [3.05, 3.63) is 40.4 Å². The molecule has 61 valence electrons. The fraction of sp³-hybridized carbons (Fsp3) is 0.100. The summed E-state index contributed by atoms with van der Waals surface area (Å²) in [4.78, 5) is 1.33. The van der Waals surface area contributed by atoms with Gasteiger partial charge in [-0.3, -0.25) is 0 Å². The topological polar surface area (TPSA) is 0 Å². The van der Waals surface area contributed by atoms with Gasteiger partial charge in [-0.15, -0.1) is 11.3 Å². The summed E-state index contributed by atoms with van der Waals surface area (Å²) in [6.07, 6.45) is 0.857. The molecular formula is C10H8ClS. The molecule has 0 nitrogen and oxygen atoms in total. The van der Waals surface area contributed by atoms with Gasteiger partial charge in [0, 0.05) is 9.90 Å². The maximum Gasteiger partial charge on any atom is 0.0412 e. The van der Waals surface area contributed by atoms with Gasteiger partial charge < -0.3 is 0 Å². The van der Waals surface area contributed by atoms with Crippen molar-refractivity contribution in [1.29, 1.82) is 0 Å². The van der Waals surface area contributed by atoms with Gasteiger partial charge in [-0.05, 0) is 41.6 Å². The Hall–Kier alpha value is -0.530. The Morgan fingerprint density at radius 1 is 1.42 bits per heavy atom. The summed E-state index contributed by atoms with van der Waals surface area (Å²) in [5.74, 6) is 0. The van der Waals surface area contributed by atoms with Crippen molar-refractivity contribution in [3.8, 4) is 0 Å². The number of rotatable bonds is 1. The SMILES string of the molecule is [CH2]Cc1scc2cc(Cl)ccc12. The van der Waals surface area contributed by atoms with E-state index in [1.807, 2.05) is 12.1 Å². The Kier molecular flexibility index (Phi) is 2.07. The number of hydrogen-bond donors (Lipinski definition) is 0. The molecule has 0 aliphatic carbocycles. The van der Waals surface area contributed by atoms with Gasteiger partial charge in [0.25, 0.3) is 0 Å². The van der Waals surface area contributed by atoms with Gasteiger partial charge in [-0.2, -0.15) is 0 Å². The molecule has 0 atom stereocenters. The molecule has 1 radical (unpaired) electrons. The highest BCUT2D eigenvalue weighted by Crippen LogP contribution is 2.28. The van der Waals surface area contributed by atoms with Gasteiger partial charge in [-0.25, -0.2) is 0 Å². The standard InChI is InChI=1S/C10H8ClS/c1-2-10-9-4-3-8(11)5-7(9)6-12-10/h3-6H,1-2H2. The van der Waals surface area contributed by atoms with E-state index in [1.165, 1.54) is 15.6 Å². The third-order valence-electron chi connectivity index (χ3n) is 1.87. The summed E-state index contributed by atoms with van der Waals surface area (Å²) < 4.78 is 0. The highest BCUT2D eigenvalue weighted by Gasteiger charge is 2.01. The van der Waals surface area contributed by atoms with E-state index in [-0.39, 0.29) is 0 Å². The molecule has 0 saturated carbocycles. The predicted octanol–water partition coefficient (Wildman–Crippen LogP) is 3.93. The van der Waals surface area contributed by atoms with Gasteiger partial charge in [-0.1, -0.05) is 17.7 Å². The van der Waals surface area contributed by atoms with Crippen molar-refractivity contribution in [2.75, 3.05) is 0 Å². The molecule has 0 bridgehead atoms. The maximum absolute atomic E-state index is 5.86. The Balaban J connectivity index is 2.73. The lowest BCUT2D eigenvalue weighted by molar-refractivity contribution is 1.37. The minimum Gasteiger partial charge on any atom is -0.148 e. The number of hydrogen-bond acceptors (Lipinski definition) is 1. The van der Waals surface area contributed by atoms with Crippen molar-refractivity contribution in [3.63, 3.8) is 0 Å². The number of thiophene rings is 1. The van der Waals surface area contributed by atoms with Crippen LogP contribution in [0, 0.1) is 6.92 Å². The van der Waals surface area contributed by atoms with Crippen LogP contribution in [0.4, 0.5) is 0 Å². The average Bonchev–Trinajstić information content (AvgIpc) is 2.46. The fourth-order valence-electron chi connectivity index (χ4n) is 1.28. The second-order valence-electron chi connectivity index (χ2n) is 2.64. The normalized spacial score (nSPS) is 10.8. The first-order valence-electron chi connectivity index (χ1n) is 3.76. The van der Waals surface area contributed by atoms with Gasteiger partial charge in [0.1, 0.15) is 0 Å². The predicted molar refractivity (Wildman–Crippen MR) is 55.9 cm³/mol. The first kappa shape index (κ1) is 8.09. The molecule has 12 heavy (non-hydrogen) atoms. The molecule has 2 aromatic rings. The van der Waals surface area contributed by atoms with Crippen LogP contribution >= 0.6 is 22.9 Å². The van der Waals surface area contributed by atoms with Gasteiger partial charge >= 0.3 is 0 Å². The molecular weight excluding hydrogens is 188 g/mol. The van der Waals surface area contributed by atoms with Gasteiger partial charge in [0.15, 0.2) is 0 Å². The van der Waals surface area contributed by atoms with E-state index in [1.54, 1.807) is 11.3 Å². The van der Waals surface area contributed by atoms with E-state index in [2.05, 4.69) is 18.4 Å². The minimum absolute atomic E-state index is 0.802. The van der Waals surface area contributed by atoms with E-state index in [0.29, 0.717) is 0 Å². The van der Waals surface area contributed by atoms with Crippen molar-refractivity contribution < 1.29 is 0 Å². The summed E-state index contributed by atoms with van der Waals surface area (Å²) >= 11 is 7.61. The van der Waals surface area contributed by atoms with E-state index < -0.39 is 0 Å². The van der Waals surface area contributed by atoms with Crippen LogP contribution < -0.4 is 0 Å². The third-order valence-corrected chi connectivity index (χ3v) is 3.18. The molecule has 0 amide bonds. The van der Waals surface area contributed by atoms with Crippen molar-refractivity contribution in [2.24, 2.45) is 0 Å². The lowest BCUT2D eigenvalue weighted by atomic mass is 10.2. The minimum atomic E-state index is 0.802. The monoisotopic (exact) mass is 195 g/mol. The van der Waals surface area contributed by atoms with E-state index in [0.717, 1.165) is 11.4 Å². The summed E-state index contributed by atoms with van der Waals surface area (Å²) in [7, 11) is 0. The van der Waals surface area contributed by atoms with Crippen LogP contribution in [0.3, 0.4) is 0 Å². The molecule has 0 unspecified atom stereocenters. The second-order valence-corrected chi connectivity index (χ2v) is 4.04. The number of fused-ring (bicyclic) bond motifs is 1. The van der Waals surface area contributed by atoms with Crippen LogP contribution in [0.1, 0.15) is 4.88 Å². The summed E-state index contributed by atoms with van der Waals surface area (Å²) in [5.41, 5.74) is 0. The summed E-state index contributed by atoms with van der Waals surface area (Å²) in [5, 5.41) is 5.45. The third kappa shape index (κ3) is 1.23. The molecule has 0 saturated heterocycles. The van der Waals surface area contributed by atoms with Crippen LogP contribution in [0.2, 0.25) is 5.02 Å². The lowest BCUT2D eigenvalue weighted by Gasteiger charge is -1.93. The molecule has 0 aliphatic rings. The molecule has 0 fully saturated rings. The largest absolute Gasteiger partial charge is 0.148 e. The second kappa shape index (κ2) is 3.08. The lowest BCUT2D eigenvalue weighted by Crippen LogP contribution is -1.72. The number of benzene rings is 1. The zero-order valence-electron chi connectivity index (χ0n) is 6.51. The first-order chi connectivity index (χ1) is 5.81. The van der Waals surface area contributed by atoms with E-state index >= 15 is 0 Å². The van der Waals surface area contributed by atoms with Gasteiger partial charge in [0.2, 0.25) is 0 Å². The van der Waals surface area contributed by atoms with Crippen LogP contribution in [-0.4, -0.2) is 0 Å². The maximum atomic E-state index is 5.86. The van der Waals surface area contributed by atoms with Crippen molar-refractivity contribution in [2.45, 2.75) is 6.42 Å². The Labute approximate surface area is 80.8 Å². The molecule has 2 heteroatoms. The molecule has 0 aliphatic heterocycles. The van der Waals surface area contributed by atoms with Crippen LogP contribution in [0.15, 0.2) is 23.6 Å². The highest BCUT2D eigenvalue weighted by atomic mass is 35.5. The Morgan fingerprint density at radius 3 is 3.00 bits per heavy atom. The Morgan fingerprint density at radius 2 is 2.25 bits per heavy atom. The smallest absolute Gasteiger partial charge is 0.0412 e. The zero-order valence-corrected chi connectivity index (χ0v) is 8.08. The van der Waals surface area contributed by atoms with Crippen LogP contribution in [0.5, 0.6) is 0 Å². The molecule has 2 rings (SSSR count). The summed E-state index contributed by atoms with van der Waals surface area (Å²) in [6.45, 7) is 3.88. The zero-order chi connectivity index (χ0) is 8.55. The highest BCUT2D eigenvalue weighted by molar-refractivity contribution is 7.11. The first-order valence-corrected chi connectivity index (χ1v) is 5.02. The molecule has 0 spiro atoms. The van der Waals surface area contributed by atoms with Crippen LogP contribution in [0.25, 0.3) is 10.8 Å².